The standard InChI is InChI=1S/C22H18ClN3O2/c1-13-9-19-16(7-8-18(25-19)20-11-26(2)12-24-20)22(17(13)10-21(27)28)14-3-5-15(23)6-4-14/h3-9,11-12H,10H2,1-2H3,(H,27,28). The fraction of sp³-hybridized carbons (Fsp3) is 0.136. The number of aryl methyl sites for hydroxylation is 2. The summed E-state index contributed by atoms with van der Waals surface area (Å²) >= 11 is 6.05. The predicted octanol–water partition coefficient (Wildman–Crippen LogP) is 4.89. The van der Waals surface area contributed by atoms with E-state index in [1.54, 1.807) is 6.33 Å². The highest BCUT2D eigenvalue weighted by atomic mass is 35.5. The molecule has 0 radical (unpaired) electrons. The molecule has 140 valence electrons. The molecule has 2 heterocycles. The maximum absolute atomic E-state index is 11.5. The van der Waals surface area contributed by atoms with Crippen LogP contribution in [0.5, 0.6) is 0 Å². The van der Waals surface area contributed by atoms with Gasteiger partial charge in [-0.3, -0.25) is 4.79 Å². The van der Waals surface area contributed by atoms with Crippen molar-refractivity contribution >= 4 is 28.5 Å². The highest BCUT2D eigenvalue weighted by Gasteiger charge is 2.17. The predicted molar refractivity (Wildman–Crippen MR) is 110 cm³/mol. The van der Waals surface area contributed by atoms with Crippen LogP contribution in [0, 0.1) is 6.92 Å². The zero-order chi connectivity index (χ0) is 19.8. The molecular formula is C22H18ClN3O2. The molecule has 0 aliphatic rings. The Morgan fingerprint density at radius 3 is 2.54 bits per heavy atom. The minimum atomic E-state index is -0.865. The van der Waals surface area contributed by atoms with Crippen molar-refractivity contribution in [3.8, 4) is 22.5 Å². The Hall–Kier alpha value is -3.18. The molecule has 2 aromatic heterocycles. The summed E-state index contributed by atoms with van der Waals surface area (Å²) in [5.41, 5.74) is 5.86. The van der Waals surface area contributed by atoms with Gasteiger partial charge in [0.2, 0.25) is 0 Å². The molecule has 0 spiro atoms. The van der Waals surface area contributed by atoms with Crippen LogP contribution in [0.25, 0.3) is 33.4 Å². The van der Waals surface area contributed by atoms with Crippen LogP contribution in [-0.4, -0.2) is 25.6 Å². The number of rotatable bonds is 4. The van der Waals surface area contributed by atoms with Crippen LogP contribution >= 0.6 is 11.6 Å². The van der Waals surface area contributed by atoms with Gasteiger partial charge in [-0.05, 0) is 59.5 Å². The average molecular weight is 392 g/mol. The Labute approximate surface area is 167 Å². The number of imidazole rings is 1. The highest BCUT2D eigenvalue weighted by molar-refractivity contribution is 6.30. The Balaban J connectivity index is 1.98. The molecule has 6 heteroatoms. The minimum Gasteiger partial charge on any atom is -0.481 e. The van der Waals surface area contributed by atoms with Crippen LogP contribution in [-0.2, 0) is 18.3 Å². The Bertz CT molecular complexity index is 1200. The Morgan fingerprint density at radius 2 is 1.89 bits per heavy atom. The van der Waals surface area contributed by atoms with Crippen molar-refractivity contribution < 1.29 is 9.90 Å². The lowest BCUT2D eigenvalue weighted by atomic mass is 9.90. The van der Waals surface area contributed by atoms with Gasteiger partial charge in [0.15, 0.2) is 0 Å². The normalized spacial score (nSPS) is 11.1. The van der Waals surface area contributed by atoms with Gasteiger partial charge in [0.05, 0.1) is 24.0 Å². The van der Waals surface area contributed by atoms with Crippen molar-refractivity contribution in [2.24, 2.45) is 7.05 Å². The first-order valence-corrected chi connectivity index (χ1v) is 9.19. The van der Waals surface area contributed by atoms with Crippen LogP contribution in [0.1, 0.15) is 11.1 Å². The molecule has 5 nitrogen and oxygen atoms in total. The third-order valence-electron chi connectivity index (χ3n) is 4.75. The van der Waals surface area contributed by atoms with Gasteiger partial charge in [0.1, 0.15) is 5.69 Å². The monoisotopic (exact) mass is 391 g/mol. The number of pyridine rings is 1. The van der Waals surface area contributed by atoms with E-state index in [2.05, 4.69) is 4.98 Å². The molecule has 2 aromatic carbocycles. The van der Waals surface area contributed by atoms with Gasteiger partial charge < -0.3 is 9.67 Å². The van der Waals surface area contributed by atoms with E-state index in [1.165, 1.54) is 0 Å². The quantitative estimate of drug-likeness (QED) is 0.537. The second kappa shape index (κ2) is 7.09. The molecule has 0 aliphatic heterocycles. The molecule has 1 N–H and O–H groups in total. The van der Waals surface area contributed by atoms with Gasteiger partial charge in [-0.2, -0.15) is 0 Å². The largest absolute Gasteiger partial charge is 0.481 e. The van der Waals surface area contributed by atoms with Crippen LogP contribution in [0.3, 0.4) is 0 Å². The number of carbonyl (C=O) groups is 1. The van der Waals surface area contributed by atoms with Gasteiger partial charge in [0.25, 0.3) is 0 Å². The van der Waals surface area contributed by atoms with E-state index >= 15 is 0 Å². The molecule has 0 aliphatic carbocycles. The minimum absolute atomic E-state index is 0.0538. The molecule has 0 bridgehead atoms. The smallest absolute Gasteiger partial charge is 0.307 e. The zero-order valence-electron chi connectivity index (χ0n) is 15.5. The summed E-state index contributed by atoms with van der Waals surface area (Å²) in [5, 5.41) is 11.0. The van der Waals surface area contributed by atoms with Crippen LogP contribution < -0.4 is 0 Å². The van der Waals surface area contributed by atoms with E-state index in [0.717, 1.165) is 44.5 Å². The van der Waals surface area contributed by atoms with Gasteiger partial charge in [0, 0.05) is 23.7 Å². The zero-order valence-corrected chi connectivity index (χ0v) is 16.2. The molecule has 0 saturated carbocycles. The van der Waals surface area contributed by atoms with Crippen molar-refractivity contribution in [3.05, 3.63) is 71.1 Å². The van der Waals surface area contributed by atoms with Crippen molar-refractivity contribution in [2.75, 3.05) is 0 Å². The number of halogens is 1. The highest BCUT2D eigenvalue weighted by Crippen LogP contribution is 2.35. The Morgan fingerprint density at radius 1 is 1.14 bits per heavy atom. The van der Waals surface area contributed by atoms with Crippen molar-refractivity contribution in [1.29, 1.82) is 0 Å². The van der Waals surface area contributed by atoms with E-state index in [9.17, 15) is 9.90 Å². The Kier molecular flexibility index (Phi) is 4.61. The second-order valence-corrected chi connectivity index (χ2v) is 7.25. The van der Waals surface area contributed by atoms with Crippen molar-refractivity contribution in [3.63, 3.8) is 0 Å². The number of aromatic nitrogens is 3. The van der Waals surface area contributed by atoms with E-state index in [0.29, 0.717) is 5.02 Å². The molecule has 0 atom stereocenters. The first-order chi connectivity index (χ1) is 13.4. The number of hydrogen-bond donors (Lipinski definition) is 1. The fourth-order valence-electron chi connectivity index (χ4n) is 3.46. The van der Waals surface area contributed by atoms with Gasteiger partial charge in [-0.25, -0.2) is 9.97 Å². The molecule has 0 amide bonds. The van der Waals surface area contributed by atoms with Crippen LogP contribution in [0.15, 0.2) is 55.0 Å². The SMILES string of the molecule is Cc1cc2nc(-c3cn(C)cn3)ccc2c(-c2ccc(Cl)cc2)c1CC(=O)O. The first-order valence-electron chi connectivity index (χ1n) is 8.81. The number of carboxylic acid groups (broad SMARTS) is 1. The summed E-state index contributed by atoms with van der Waals surface area (Å²) in [6.45, 7) is 1.92. The summed E-state index contributed by atoms with van der Waals surface area (Å²) in [4.78, 5) is 20.7. The van der Waals surface area contributed by atoms with Gasteiger partial charge in [-0.1, -0.05) is 23.7 Å². The van der Waals surface area contributed by atoms with E-state index in [4.69, 9.17) is 16.6 Å². The second-order valence-electron chi connectivity index (χ2n) is 6.81. The number of aliphatic carboxylic acids is 1. The van der Waals surface area contributed by atoms with E-state index in [-0.39, 0.29) is 6.42 Å². The maximum atomic E-state index is 11.5. The summed E-state index contributed by atoms with van der Waals surface area (Å²) in [5.74, 6) is -0.865. The lowest BCUT2D eigenvalue weighted by Gasteiger charge is -2.16. The molecule has 4 rings (SSSR count). The van der Waals surface area contributed by atoms with Gasteiger partial charge in [-0.15, -0.1) is 0 Å². The molecule has 28 heavy (non-hydrogen) atoms. The summed E-state index contributed by atoms with van der Waals surface area (Å²) in [7, 11) is 1.92. The number of nitrogens with zero attached hydrogens (tertiary/aromatic N) is 3. The molecule has 0 saturated heterocycles. The summed E-state index contributed by atoms with van der Waals surface area (Å²) in [6.07, 6.45) is 3.60. The van der Waals surface area contributed by atoms with Crippen molar-refractivity contribution in [2.45, 2.75) is 13.3 Å². The van der Waals surface area contributed by atoms with Gasteiger partial charge >= 0.3 is 5.97 Å². The number of hydrogen-bond acceptors (Lipinski definition) is 3. The van der Waals surface area contributed by atoms with Crippen LogP contribution in [0.4, 0.5) is 0 Å². The van der Waals surface area contributed by atoms with Crippen molar-refractivity contribution in [1.82, 2.24) is 14.5 Å². The fourth-order valence-corrected chi connectivity index (χ4v) is 3.59. The third kappa shape index (κ3) is 3.37. The molecule has 0 fully saturated rings. The molecular weight excluding hydrogens is 374 g/mol. The average Bonchev–Trinajstić information content (AvgIpc) is 3.09. The number of carboxylic acids is 1. The topological polar surface area (TPSA) is 68.0 Å². The molecule has 4 aromatic rings. The van der Waals surface area contributed by atoms with Crippen LogP contribution in [0.2, 0.25) is 5.02 Å². The summed E-state index contributed by atoms with van der Waals surface area (Å²) in [6, 6.07) is 13.3. The number of fused-ring (bicyclic) bond motifs is 1. The van der Waals surface area contributed by atoms with E-state index in [1.807, 2.05) is 67.2 Å². The van der Waals surface area contributed by atoms with E-state index < -0.39 is 5.97 Å². The maximum Gasteiger partial charge on any atom is 0.307 e. The summed E-state index contributed by atoms with van der Waals surface area (Å²) < 4.78 is 1.88. The lowest BCUT2D eigenvalue weighted by Crippen LogP contribution is -2.05. The first kappa shape index (κ1) is 18.2. The number of benzene rings is 2. The third-order valence-corrected chi connectivity index (χ3v) is 5.01. The molecule has 0 unspecified atom stereocenters. The lowest BCUT2D eigenvalue weighted by molar-refractivity contribution is -0.136.